The summed E-state index contributed by atoms with van der Waals surface area (Å²) in [6.07, 6.45) is 0.623. The fourth-order valence-electron chi connectivity index (χ4n) is 1.29. The summed E-state index contributed by atoms with van der Waals surface area (Å²) in [6, 6.07) is 7.00. The summed E-state index contributed by atoms with van der Waals surface area (Å²) in [4.78, 5) is 4.36. The van der Waals surface area contributed by atoms with Crippen LogP contribution in [0.2, 0.25) is 0 Å². The number of amidine groups is 1. The molecule has 82 valence electrons. The maximum absolute atomic E-state index is 9.12. The van der Waals surface area contributed by atoms with Crippen molar-refractivity contribution in [3.05, 3.63) is 29.8 Å². The van der Waals surface area contributed by atoms with E-state index in [2.05, 4.69) is 4.99 Å². The van der Waals surface area contributed by atoms with E-state index in [1.807, 2.05) is 32.9 Å². The minimum atomic E-state index is -0.138. The molecule has 0 heterocycles. The molecular weight excluding hydrogens is 188 g/mol. The SMILES string of the molecule is CC(C)(C)N=C(N)Cc1ccc(O)cc1. The third-order valence-corrected chi connectivity index (χ3v) is 1.80. The number of nitrogens with zero attached hydrogens (tertiary/aromatic N) is 1. The lowest BCUT2D eigenvalue weighted by molar-refractivity contribution is 0.475. The Morgan fingerprint density at radius 2 is 1.80 bits per heavy atom. The molecule has 3 nitrogen and oxygen atoms in total. The monoisotopic (exact) mass is 206 g/mol. The summed E-state index contributed by atoms with van der Waals surface area (Å²) >= 11 is 0. The molecule has 0 spiro atoms. The van der Waals surface area contributed by atoms with Crippen molar-refractivity contribution in [3.8, 4) is 5.75 Å². The molecule has 0 aliphatic rings. The second-order valence-electron chi connectivity index (χ2n) is 4.62. The van der Waals surface area contributed by atoms with Gasteiger partial charge in [-0.1, -0.05) is 12.1 Å². The van der Waals surface area contributed by atoms with Crippen LogP contribution in [0.4, 0.5) is 0 Å². The molecule has 0 aliphatic heterocycles. The first kappa shape index (κ1) is 11.6. The number of hydrogen-bond acceptors (Lipinski definition) is 2. The molecule has 0 amide bonds. The van der Waals surface area contributed by atoms with E-state index >= 15 is 0 Å². The first-order chi connectivity index (χ1) is 6.87. The van der Waals surface area contributed by atoms with Crippen LogP contribution >= 0.6 is 0 Å². The summed E-state index contributed by atoms with van der Waals surface area (Å²) in [5.74, 6) is 0.887. The Labute approximate surface area is 90.7 Å². The minimum absolute atomic E-state index is 0.138. The van der Waals surface area contributed by atoms with Crippen LogP contribution in [0, 0.1) is 0 Å². The molecule has 0 saturated heterocycles. The molecule has 0 unspecified atom stereocenters. The molecule has 15 heavy (non-hydrogen) atoms. The number of phenols is 1. The number of nitrogens with two attached hydrogens (primary N) is 1. The van der Waals surface area contributed by atoms with Crippen molar-refractivity contribution in [2.75, 3.05) is 0 Å². The molecule has 0 fully saturated rings. The van der Waals surface area contributed by atoms with Crippen LogP contribution < -0.4 is 5.73 Å². The fourth-order valence-corrected chi connectivity index (χ4v) is 1.29. The molecule has 1 aromatic carbocycles. The van der Waals surface area contributed by atoms with Gasteiger partial charge in [-0.25, -0.2) is 0 Å². The predicted octanol–water partition coefficient (Wildman–Crippen LogP) is 2.09. The van der Waals surface area contributed by atoms with Gasteiger partial charge in [0.05, 0.1) is 11.4 Å². The number of aromatic hydroxyl groups is 1. The quantitative estimate of drug-likeness (QED) is 0.575. The van der Waals surface area contributed by atoms with Crippen LogP contribution in [0.1, 0.15) is 26.3 Å². The molecule has 3 heteroatoms. The number of phenolic OH excluding ortho intramolecular Hbond substituents is 1. The maximum Gasteiger partial charge on any atom is 0.115 e. The molecule has 0 bridgehead atoms. The van der Waals surface area contributed by atoms with E-state index in [4.69, 9.17) is 10.8 Å². The Kier molecular flexibility index (Phi) is 3.35. The van der Waals surface area contributed by atoms with Gasteiger partial charge in [0.25, 0.3) is 0 Å². The highest BCUT2D eigenvalue weighted by Crippen LogP contribution is 2.11. The molecule has 0 radical (unpaired) electrons. The van der Waals surface area contributed by atoms with Crippen molar-refractivity contribution in [2.45, 2.75) is 32.7 Å². The summed E-state index contributed by atoms with van der Waals surface area (Å²) in [5, 5.41) is 9.12. The van der Waals surface area contributed by atoms with E-state index < -0.39 is 0 Å². The van der Waals surface area contributed by atoms with Gasteiger partial charge in [-0.05, 0) is 38.5 Å². The van der Waals surface area contributed by atoms with Crippen molar-refractivity contribution >= 4 is 5.84 Å². The average molecular weight is 206 g/mol. The lowest BCUT2D eigenvalue weighted by atomic mass is 10.1. The molecule has 0 aliphatic carbocycles. The van der Waals surface area contributed by atoms with Crippen LogP contribution in [0.3, 0.4) is 0 Å². The van der Waals surface area contributed by atoms with Gasteiger partial charge in [0.15, 0.2) is 0 Å². The first-order valence-electron chi connectivity index (χ1n) is 4.99. The molecule has 0 atom stereocenters. The largest absolute Gasteiger partial charge is 0.508 e. The second-order valence-corrected chi connectivity index (χ2v) is 4.62. The third-order valence-electron chi connectivity index (χ3n) is 1.80. The van der Waals surface area contributed by atoms with Crippen LogP contribution in [0.5, 0.6) is 5.75 Å². The predicted molar refractivity (Wildman–Crippen MR) is 63.2 cm³/mol. The summed E-state index contributed by atoms with van der Waals surface area (Å²) < 4.78 is 0. The summed E-state index contributed by atoms with van der Waals surface area (Å²) in [5.41, 5.74) is 6.73. The highest BCUT2D eigenvalue weighted by Gasteiger charge is 2.08. The number of aliphatic imine (C=N–C) groups is 1. The van der Waals surface area contributed by atoms with E-state index in [1.54, 1.807) is 12.1 Å². The standard InChI is InChI=1S/C12H18N2O/c1-12(2,3)14-11(13)8-9-4-6-10(15)7-5-9/h4-7,15H,8H2,1-3H3,(H2,13,14). The molecule has 0 saturated carbocycles. The van der Waals surface area contributed by atoms with Crippen LogP contribution in [0.15, 0.2) is 29.3 Å². The molecular formula is C12H18N2O. The van der Waals surface area contributed by atoms with Crippen LogP contribution in [-0.4, -0.2) is 16.5 Å². The highest BCUT2D eigenvalue weighted by molar-refractivity contribution is 5.83. The van der Waals surface area contributed by atoms with Gasteiger partial charge >= 0.3 is 0 Å². The Bertz CT molecular complexity index is 347. The van der Waals surface area contributed by atoms with Crippen molar-refractivity contribution in [1.29, 1.82) is 0 Å². The molecule has 1 aromatic rings. The highest BCUT2D eigenvalue weighted by atomic mass is 16.3. The van der Waals surface area contributed by atoms with Crippen molar-refractivity contribution in [1.82, 2.24) is 0 Å². The van der Waals surface area contributed by atoms with Gasteiger partial charge in [0.1, 0.15) is 5.75 Å². The van der Waals surface area contributed by atoms with Crippen molar-refractivity contribution < 1.29 is 5.11 Å². The van der Waals surface area contributed by atoms with Crippen LogP contribution in [-0.2, 0) is 6.42 Å². The van der Waals surface area contributed by atoms with E-state index in [9.17, 15) is 0 Å². The lowest BCUT2D eigenvalue weighted by Gasteiger charge is -2.13. The first-order valence-corrected chi connectivity index (χ1v) is 4.99. The van der Waals surface area contributed by atoms with Gasteiger partial charge in [-0.2, -0.15) is 0 Å². The third kappa shape index (κ3) is 4.49. The fraction of sp³-hybridized carbons (Fsp3) is 0.417. The van der Waals surface area contributed by atoms with Crippen molar-refractivity contribution in [2.24, 2.45) is 10.7 Å². The van der Waals surface area contributed by atoms with Gasteiger partial charge in [0, 0.05) is 6.42 Å². The van der Waals surface area contributed by atoms with E-state index in [0.29, 0.717) is 12.3 Å². The maximum atomic E-state index is 9.12. The average Bonchev–Trinajstić information content (AvgIpc) is 2.05. The van der Waals surface area contributed by atoms with Gasteiger partial charge in [0.2, 0.25) is 0 Å². The number of rotatable bonds is 2. The summed E-state index contributed by atoms with van der Waals surface area (Å²) in [7, 11) is 0. The number of hydrogen-bond donors (Lipinski definition) is 2. The zero-order valence-electron chi connectivity index (χ0n) is 9.49. The van der Waals surface area contributed by atoms with Crippen molar-refractivity contribution in [3.63, 3.8) is 0 Å². The smallest absolute Gasteiger partial charge is 0.115 e. The lowest BCUT2D eigenvalue weighted by Crippen LogP contribution is -2.22. The zero-order chi connectivity index (χ0) is 11.5. The zero-order valence-corrected chi connectivity index (χ0v) is 9.49. The Morgan fingerprint density at radius 3 is 2.27 bits per heavy atom. The molecule has 3 N–H and O–H groups in total. The molecule has 1 rings (SSSR count). The van der Waals surface area contributed by atoms with E-state index in [-0.39, 0.29) is 11.3 Å². The number of benzene rings is 1. The minimum Gasteiger partial charge on any atom is -0.508 e. The topological polar surface area (TPSA) is 58.6 Å². The van der Waals surface area contributed by atoms with Crippen LogP contribution in [0.25, 0.3) is 0 Å². The normalized spacial score (nSPS) is 12.9. The van der Waals surface area contributed by atoms with Gasteiger partial charge in [-0.15, -0.1) is 0 Å². The Hall–Kier alpha value is -1.51. The van der Waals surface area contributed by atoms with Gasteiger partial charge < -0.3 is 10.8 Å². The second kappa shape index (κ2) is 4.34. The Morgan fingerprint density at radius 1 is 1.27 bits per heavy atom. The molecule has 0 aromatic heterocycles. The Balaban J connectivity index is 2.70. The van der Waals surface area contributed by atoms with E-state index in [0.717, 1.165) is 5.56 Å². The van der Waals surface area contributed by atoms with Gasteiger partial charge in [-0.3, -0.25) is 4.99 Å². The van der Waals surface area contributed by atoms with E-state index in [1.165, 1.54) is 0 Å². The summed E-state index contributed by atoms with van der Waals surface area (Å²) in [6.45, 7) is 6.03.